The van der Waals surface area contributed by atoms with Crippen LogP contribution < -0.4 is 5.32 Å². The first kappa shape index (κ1) is 15.6. The molecule has 1 heterocycles. The highest BCUT2D eigenvalue weighted by Gasteiger charge is 2.13. The Morgan fingerprint density at radius 1 is 1.20 bits per heavy atom. The van der Waals surface area contributed by atoms with E-state index in [2.05, 4.69) is 26.2 Å². The molecule has 0 spiro atoms. The molecule has 1 amide bonds. The van der Waals surface area contributed by atoms with Gasteiger partial charge in [-0.1, -0.05) is 50.7 Å². The van der Waals surface area contributed by atoms with Gasteiger partial charge in [0.25, 0.3) is 5.91 Å². The van der Waals surface area contributed by atoms with E-state index < -0.39 is 0 Å². The van der Waals surface area contributed by atoms with Crippen LogP contribution in [0.5, 0.6) is 0 Å². The van der Waals surface area contributed by atoms with Crippen LogP contribution in [0.15, 0.2) is 28.7 Å². The van der Waals surface area contributed by atoms with Gasteiger partial charge >= 0.3 is 0 Å². The minimum atomic E-state index is -0.331. The minimum Gasteiger partial charge on any atom is -0.319 e. The number of halogens is 4. The summed E-state index contributed by atoms with van der Waals surface area (Å²) >= 11 is 21.0. The molecule has 3 nitrogen and oxygen atoms in total. The first-order valence-electron chi connectivity index (χ1n) is 5.47. The van der Waals surface area contributed by atoms with Gasteiger partial charge in [0.2, 0.25) is 0 Å². The van der Waals surface area contributed by atoms with Crippen LogP contribution in [-0.4, -0.2) is 10.9 Å². The van der Waals surface area contributed by atoms with Crippen LogP contribution in [0.4, 0.5) is 5.69 Å². The lowest BCUT2D eigenvalue weighted by atomic mass is 10.2. The molecule has 1 aromatic carbocycles. The summed E-state index contributed by atoms with van der Waals surface area (Å²) in [6.45, 7) is 1.78. The second-order valence-electron chi connectivity index (χ2n) is 4.04. The van der Waals surface area contributed by atoms with Crippen molar-refractivity contribution in [3.05, 3.63) is 55.2 Å². The Morgan fingerprint density at radius 3 is 2.50 bits per heavy atom. The Hall–Kier alpha value is -0.810. The number of anilines is 1. The summed E-state index contributed by atoms with van der Waals surface area (Å²) in [6.07, 6.45) is 0. The fourth-order valence-corrected chi connectivity index (χ4v) is 3.06. The van der Waals surface area contributed by atoms with Crippen LogP contribution in [0.2, 0.25) is 15.3 Å². The smallest absolute Gasteiger partial charge is 0.255 e. The molecule has 0 radical (unpaired) electrons. The monoisotopic (exact) mass is 392 g/mol. The Bertz CT molecular complexity index is 648. The second-order valence-corrected chi connectivity index (χ2v) is 6.14. The highest BCUT2D eigenvalue weighted by atomic mass is 79.9. The molecule has 1 aromatic heterocycles. The van der Waals surface area contributed by atoms with Gasteiger partial charge < -0.3 is 5.32 Å². The van der Waals surface area contributed by atoms with Crippen LogP contribution in [0, 0.1) is 6.92 Å². The molecule has 0 unspecified atom stereocenters. The number of aromatic nitrogens is 1. The number of carbonyl (C=O) groups is 1. The molecule has 0 aliphatic carbocycles. The summed E-state index contributed by atoms with van der Waals surface area (Å²) in [6, 6.07) is 6.54. The van der Waals surface area contributed by atoms with Crippen molar-refractivity contribution < 1.29 is 4.79 Å². The van der Waals surface area contributed by atoms with Crippen molar-refractivity contribution in [2.75, 3.05) is 5.32 Å². The third-order valence-corrected chi connectivity index (χ3v) is 3.65. The molecule has 0 atom stereocenters. The third-order valence-electron chi connectivity index (χ3n) is 2.50. The first-order chi connectivity index (χ1) is 9.36. The van der Waals surface area contributed by atoms with Crippen molar-refractivity contribution in [2.24, 2.45) is 0 Å². The van der Waals surface area contributed by atoms with Gasteiger partial charge in [0.1, 0.15) is 5.15 Å². The van der Waals surface area contributed by atoms with Crippen LogP contribution >= 0.6 is 50.7 Å². The maximum absolute atomic E-state index is 12.2. The summed E-state index contributed by atoms with van der Waals surface area (Å²) in [5.74, 6) is -0.331. The van der Waals surface area contributed by atoms with E-state index in [-0.39, 0.29) is 16.2 Å². The Morgan fingerprint density at radius 2 is 1.90 bits per heavy atom. The number of amides is 1. The lowest BCUT2D eigenvalue weighted by Gasteiger charge is -2.10. The van der Waals surface area contributed by atoms with Crippen molar-refractivity contribution in [1.29, 1.82) is 0 Å². The van der Waals surface area contributed by atoms with Gasteiger partial charge in [0, 0.05) is 15.1 Å². The second kappa shape index (κ2) is 6.31. The zero-order valence-corrected chi connectivity index (χ0v) is 14.0. The molecule has 0 aliphatic rings. The highest BCUT2D eigenvalue weighted by molar-refractivity contribution is 9.10. The number of benzene rings is 1. The molecule has 20 heavy (non-hydrogen) atoms. The van der Waals surface area contributed by atoms with E-state index in [1.807, 2.05) is 0 Å². The van der Waals surface area contributed by atoms with Gasteiger partial charge in [-0.15, -0.1) is 0 Å². The molecule has 1 N–H and O–H groups in total. The maximum Gasteiger partial charge on any atom is 0.255 e. The molecule has 104 valence electrons. The van der Waals surface area contributed by atoms with Gasteiger partial charge in [0.15, 0.2) is 5.15 Å². The van der Waals surface area contributed by atoms with E-state index in [9.17, 15) is 4.79 Å². The molecule has 0 fully saturated rings. The average molecular weight is 394 g/mol. The largest absolute Gasteiger partial charge is 0.319 e. The van der Waals surface area contributed by atoms with Gasteiger partial charge in [-0.05, 0) is 36.8 Å². The number of nitrogens with zero attached hydrogens (tertiary/aromatic N) is 1. The van der Waals surface area contributed by atoms with Crippen LogP contribution in [-0.2, 0) is 0 Å². The molecule has 0 saturated carbocycles. The lowest BCUT2D eigenvalue weighted by molar-refractivity contribution is 0.102. The number of nitrogens with one attached hydrogen (secondary N) is 1. The minimum absolute atomic E-state index is 0.143. The third kappa shape index (κ3) is 3.64. The highest BCUT2D eigenvalue weighted by Crippen LogP contribution is 2.27. The molecular weight excluding hydrogens is 386 g/mol. The summed E-state index contributed by atoms with van der Waals surface area (Å²) in [5, 5.41) is 3.58. The van der Waals surface area contributed by atoms with E-state index in [4.69, 9.17) is 34.8 Å². The van der Waals surface area contributed by atoms with Gasteiger partial charge in [0.05, 0.1) is 5.69 Å². The zero-order chi connectivity index (χ0) is 14.9. The molecule has 0 saturated heterocycles. The van der Waals surface area contributed by atoms with Crippen molar-refractivity contribution in [3.8, 4) is 0 Å². The van der Waals surface area contributed by atoms with Crippen molar-refractivity contribution >= 4 is 62.3 Å². The Labute approximate surface area is 139 Å². The van der Waals surface area contributed by atoms with Crippen LogP contribution in [0.25, 0.3) is 0 Å². The summed E-state index contributed by atoms with van der Waals surface area (Å²) in [7, 11) is 0. The van der Waals surface area contributed by atoms with E-state index in [0.29, 0.717) is 20.7 Å². The Kier molecular flexibility index (Phi) is 4.91. The summed E-state index contributed by atoms with van der Waals surface area (Å²) in [5.41, 5.74) is 1.57. The zero-order valence-electron chi connectivity index (χ0n) is 10.2. The van der Waals surface area contributed by atoms with Crippen molar-refractivity contribution in [1.82, 2.24) is 4.98 Å². The summed E-state index contributed by atoms with van der Waals surface area (Å²) in [4.78, 5) is 16.1. The molecule has 0 bridgehead atoms. The fraction of sp³-hybridized carbons (Fsp3) is 0.0769. The van der Waals surface area contributed by atoms with Gasteiger partial charge in [-0.2, -0.15) is 0 Å². The average Bonchev–Trinajstić information content (AvgIpc) is 2.32. The number of hydrogen-bond acceptors (Lipinski definition) is 2. The van der Waals surface area contributed by atoms with E-state index in [0.717, 1.165) is 5.56 Å². The predicted octanol–water partition coefficient (Wildman–Crippen LogP) is 5.37. The maximum atomic E-state index is 12.2. The first-order valence-corrected chi connectivity index (χ1v) is 7.39. The molecule has 2 rings (SSSR count). The predicted molar refractivity (Wildman–Crippen MR) is 86.1 cm³/mol. The van der Waals surface area contributed by atoms with E-state index >= 15 is 0 Å². The number of aryl methyl sites for hydroxylation is 1. The van der Waals surface area contributed by atoms with Crippen LogP contribution in [0.3, 0.4) is 0 Å². The Balaban J connectivity index is 2.32. The number of rotatable bonds is 2. The topological polar surface area (TPSA) is 42.0 Å². The van der Waals surface area contributed by atoms with Crippen LogP contribution in [0.1, 0.15) is 15.9 Å². The van der Waals surface area contributed by atoms with Crippen molar-refractivity contribution in [3.63, 3.8) is 0 Å². The molecule has 2 aromatic rings. The SMILES string of the molecule is Cc1cc(Cl)nc(Cl)c1NC(=O)c1cc(Cl)cc(Br)c1. The fourth-order valence-electron chi connectivity index (χ4n) is 1.62. The quantitative estimate of drug-likeness (QED) is 0.696. The number of pyridine rings is 1. The van der Waals surface area contributed by atoms with E-state index in [1.54, 1.807) is 31.2 Å². The summed E-state index contributed by atoms with van der Waals surface area (Å²) < 4.78 is 0.715. The molecule has 0 aliphatic heterocycles. The number of carbonyl (C=O) groups excluding carboxylic acids is 1. The van der Waals surface area contributed by atoms with Gasteiger partial charge in [-0.25, -0.2) is 4.98 Å². The normalized spacial score (nSPS) is 10.4. The molecule has 7 heteroatoms. The standard InChI is InChI=1S/C13H8BrCl3N2O/c1-6-2-10(16)18-12(17)11(6)19-13(20)7-3-8(14)5-9(15)4-7/h2-5H,1H3,(H,19,20). The van der Waals surface area contributed by atoms with Crippen molar-refractivity contribution in [2.45, 2.75) is 6.92 Å². The number of hydrogen-bond donors (Lipinski definition) is 1. The molecular formula is C13H8BrCl3N2O. The van der Waals surface area contributed by atoms with Gasteiger partial charge in [-0.3, -0.25) is 4.79 Å². The lowest BCUT2D eigenvalue weighted by Crippen LogP contribution is -2.13. The van der Waals surface area contributed by atoms with E-state index in [1.165, 1.54) is 0 Å².